The van der Waals surface area contributed by atoms with Crippen LogP contribution in [-0.2, 0) is 11.8 Å². The van der Waals surface area contributed by atoms with Gasteiger partial charge in [-0.15, -0.1) is 0 Å². The van der Waals surface area contributed by atoms with Gasteiger partial charge in [0, 0.05) is 18.0 Å². The standard InChI is InChI=1S/C14H12F4N2O/c1-2-13(21,12-4-3-9(15)7-20-12)11-8-19-6-5-10(11)14(16,17)18/h3-8,21H,2H2,1H3. The van der Waals surface area contributed by atoms with E-state index in [1.807, 2.05) is 0 Å². The van der Waals surface area contributed by atoms with Crippen molar-refractivity contribution in [2.24, 2.45) is 0 Å². The van der Waals surface area contributed by atoms with Gasteiger partial charge >= 0.3 is 6.18 Å². The van der Waals surface area contributed by atoms with Gasteiger partial charge in [-0.05, 0) is 24.6 Å². The van der Waals surface area contributed by atoms with Gasteiger partial charge in [-0.3, -0.25) is 9.97 Å². The van der Waals surface area contributed by atoms with Crippen molar-refractivity contribution >= 4 is 0 Å². The molecule has 0 amide bonds. The molecule has 21 heavy (non-hydrogen) atoms. The molecule has 0 fully saturated rings. The highest BCUT2D eigenvalue weighted by molar-refractivity contribution is 5.38. The van der Waals surface area contributed by atoms with Crippen LogP contribution in [0, 0.1) is 5.82 Å². The lowest BCUT2D eigenvalue weighted by Crippen LogP contribution is -2.31. The van der Waals surface area contributed by atoms with Gasteiger partial charge in [-0.1, -0.05) is 6.92 Å². The van der Waals surface area contributed by atoms with Gasteiger partial charge < -0.3 is 5.11 Å². The number of hydrogen-bond acceptors (Lipinski definition) is 3. The van der Waals surface area contributed by atoms with E-state index in [1.165, 1.54) is 6.92 Å². The summed E-state index contributed by atoms with van der Waals surface area (Å²) in [5, 5.41) is 10.7. The summed E-state index contributed by atoms with van der Waals surface area (Å²) in [7, 11) is 0. The molecular formula is C14H12F4N2O. The zero-order valence-electron chi connectivity index (χ0n) is 11.0. The molecule has 3 nitrogen and oxygen atoms in total. The second-order valence-corrected chi connectivity index (χ2v) is 4.49. The molecule has 1 unspecified atom stereocenters. The molecule has 2 heterocycles. The Balaban J connectivity index is 2.63. The lowest BCUT2D eigenvalue weighted by molar-refractivity contribution is -0.140. The van der Waals surface area contributed by atoms with Crippen LogP contribution >= 0.6 is 0 Å². The van der Waals surface area contributed by atoms with E-state index < -0.39 is 28.7 Å². The first-order valence-corrected chi connectivity index (χ1v) is 6.15. The molecule has 0 spiro atoms. The van der Waals surface area contributed by atoms with E-state index in [0.29, 0.717) is 0 Å². The highest BCUT2D eigenvalue weighted by atomic mass is 19.4. The minimum Gasteiger partial charge on any atom is -0.379 e. The molecule has 1 N–H and O–H groups in total. The average Bonchev–Trinajstić information content (AvgIpc) is 2.46. The number of aliphatic hydroxyl groups is 1. The fourth-order valence-electron chi connectivity index (χ4n) is 2.10. The molecule has 0 aliphatic heterocycles. The largest absolute Gasteiger partial charge is 0.416 e. The Labute approximate surface area is 118 Å². The quantitative estimate of drug-likeness (QED) is 0.885. The lowest BCUT2D eigenvalue weighted by Gasteiger charge is -2.29. The summed E-state index contributed by atoms with van der Waals surface area (Å²) in [6.07, 6.45) is -1.90. The summed E-state index contributed by atoms with van der Waals surface area (Å²) in [5.41, 5.74) is -3.45. The molecular weight excluding hydrogens is 288 g/mol. The predicted octanol–water partition coefficient (Wildman–Crippen LogP) is 3.28. The summed E-state index contributed by atoms with van der Waals surface area (Å²) in [4.78, 5) is 7.35. The Morgan fingerprint density at radius 1 is 1.10 bits per heavy atom. The fraction of sp³-hybridized carbons (Fsp3) is 0.286. The number of hydrogen-bond donors (Lipinski definition) is 1. The van der Waals surface area contributed by atoms with E-state index in [-0.39, 0.29) is 12.1 Å². The van der Waals surface area contributed by atoms with Crippen LogP contribution in [0.3, 0.4) is 0 Å². The van der Waals surface area contributed by atoms with Crippen LogP contribution in [-0.4, -0.2) is 15.1 Å². The maximum Gasteiger partial charge on any atom is 0.416 e. The molecule has 2 rings (SSSR count). The first-order valence-electron chi connectivity index (χ1n) is 6.15. The van der Waals surface area contributed by atoms with Gasteiger partial charge in [0.25, 0.3) is 0 Å². The van der Waals surface area contributed by atoms with Crippen molar-refractivity contribution in [3.63, 3.8) is 0 Å². The Morgan fingerprint density at radius 2 is 1.81 bits per heavy atom. The summed E-state index contributed by atoms with van der Waals surface area (Å²) in [6.45, 7) is 1.51. The van der Waals surface area contributed by atoms with Crippen molar-refractivity contribution in [1.82, 2.24) is 9.97 Å². The second-order valence-electron chi connectivity index (χ2n) is 4.49. The van der Waals surface area contributed by atoms with E-state index in [0.717, 1.165) is 36.8 Å². The van der Waals surface area contributed by atoms with Gasteiger partial charge in [0.15, 0.2) is 0 Å². The van der Waals surface area contributed by atoms with Crippen molar-refractivity contribution in [3.05, 3.63) is 59.4 Å². The number of nitrogens with zero attached hydrogens (tertiary/aromatic N) is 2. The number of aromatic nitrogens is 2. The maximum absolute atomic E-state index is 13.1. The molecule has 2 aromatic heterocycles. The molecule has 0 saturated heterocycles. The first-order chi connectivity index (χ1) is 9.79. The number of rotatable bonds is 3. The molecule has 0 bridgehead atoms. The highest BCUT2D eigenvalue weighted by Crippen LogP contribution is 2.40. The van der Waals surface area contributed by atoms with E-state index in [1.54, 1.807) is 0 Å². The van der Waals surface area contributed by atoms with Gasteiger partial charge in [0.2, 0.25) is 0 Å². The second kappa shape index (κ2) is 5.40. The van der Waals surface area contributed by atoms with Crippen LogP contribution in [0.4, 0.5) is 17.6 Å². The van der Waals surface area contributed by atoms with Crippen molar-refractivity contribution < 1.29 is 22.7 Å². The topological polar surface area (TPSA) is 46.0 Å². The van der Waals surface area contributed by atoms with Crippen molar-refractivity contribution in [1.29, 1.82) is 0 Å². The molecule has 0 aromatic carbocycles. The summed E-state index contributed by atoms with van der Waals surface area (Å²) in [5.74, 6) is -0.639. The van der Waals surface area contributed by atoms with Gasteiger partial charge in [-0.25, -0.2) is 4.39 Å². The fourth-order valence-corrected chi connectivity index (χ4v) is 2.10. The third-order valence-corrected chi connectivity index (χ3v) is 3.23. The van der Waals surface area contributed by atoms with Crippen LogP contribution in [0.1, 0.15) is 30.2 Å². The zero-order valence-corrected chi connectivity index (χ0v) is 11.0. The van der Waals surface area contributed by atoms with E-state index in [2.05, 4.69) is 9.97 Å². The SMILES string of the molecule is CCC(O)(c1ccc(F)cn1)c1cnccc1C(F)(F)F. The highest BCUT2D eigenvalue weighted by Gasteiger charge is 2.41. The van der Waals surface area contributed by atoms with Gasteiger partial charge in [0.05, 0.1) is 17.5 Å². The van der Waals surface area contributed by atoms with Crippen LogP contribution in [0.5, 0.6) is 0 Å². The normalized spacial score (nSPS) is 14.8. The minimum atomic E-state index is -4.64. The number of pyridine rings is 2. The summed E-state index contributed by atoms with van der Waals surface area (Å²) >= 11 is 0. The van der Waals surface area contributed by atoms with Gasteiger partial charge in [0.1, 0.15) is 11.4 Å². The molecule has 0 aliphatic rings. The summed E-state index contributed by atoms with van der Waals surface area (Å²) < 4.78 is 52.1. The Kier molecular flexibility index (Phi) is 3.95. The molecule has 7 heteroatoms. The Bertz CT molecular complexity index is 628. The molecule has 2 aromatic rings. The first kappa shape index (κ1) is 15.4. The average molecular weight is 300 g/mol. The van der Waals surface area contributed by atoms with Crippen molar-refractivity contribution in [2.75, 3.05) is 0 Å². The van der Waals surface area contributed by atoms with Crippen LogP contribution in [0.2, 0.25) is 0 Å². The maximum atomic E-state index is 13.1. The van der Waals surface area contributed by atoms with Crippen molar-refractivity contribution in [3.8, 4) is 0 Å². The predicted molar refractivity (Wildman–Crippen MR) is 66.7 cm³/mol. The molecule has 0 saturated carbocycles. The van der Waals surface area contributed by atoms with Crippen molar-refractivity contribution in [2.45, 2.75) is 25.1 Å². The Morgan fingerprint density at radius 3 is 2.33 bits per heavy atom. The number of halogens is 4. The van der Waals surface area contributed by atoms with Crippen LogP contribution < -0.4 is 0 Å². The van der Waals surface area contributed by atoms with E-state index in [4.69, 9.17) is 0 Å². The van der Waals surface area contributed by atoms with Crippen LogP contribution in [0.25, 0.3) is 0 Å². The smallest absolute Gasteiger partial charge is 0.379 e. The molecule has 0 radical (unpaired) electrons. The molecule has 112 valence electrons. The third-order valence-electron chi connectivity index (χ3n) is 3.23. The lowest BCUT2D eigenvalue weighted by atomic mass is 9.85. The zero-order chi connectivity index (χ0) is 15.7. The third kappa shape index (κ3) is 2.87. The minimum absolute atomic E-state index is 0.0649. The summed E-state index contributed by atoms with van der Waals surface area (Å²) in [6, 6.07) is 2.98. The molecule has 1 atom stereocenters. The molecule has 0 aliphatic carbocycles. The Hall–Kier alpha value is -2.02. The van der Waals surface area contributed by atoms with E-state index in [9.17, 15) is 22.7 Å². The van der Waals surface area contributed by atoms with Crippen LogP contribution in [0.15, 0.2) is 36.8 Å². The van der Waals surface area contributed by atoms with Gasteiger partial charge in [-0.2, -0.15) is 13.2 Å². The number of alkyl halides is 3. The van der Waals surface area contributed by atoms with E-state index >= 15 is 0 Å². The monoisotopic (exact) mass is 300 g/mol.